The van der Waals surface area contributed by atoms with E-state index >= 15 is 0 Å². The van der Waals surface area contributed by atoms with Crippen LogP contribution in [0.4, 0.5) is 11.5 Å². The van der Waals surface area contributed by atoms with Crippen molar-refractivity contribution in [2.75, 3.05) is 10.6 Å². The van der Waals surface area contributed by atoms with Crippen LogP contribution in [-0.2, 0) is 11.2 Å². The van der Waals surface area contributed by atoms with E-state index in [9.17, 15) is 9.59 Å². The fourth-order valence-corrected chi connectivity index (χ4v) is 2.27. The first-order valence-electron chi connectivity index (χ1n) is 6.47. The standard InChI is InChI=1S/C15H12ClN3O2/c16-11-3-5-13(17-8-11)19-15(21)10-1-4-12-9(7-10)2-6-14(20)18-12/h1,3-5,7-8H,2,6H2,(H,18,20)(H,17,19,21). The summed E-state index contributed by atoms with van der Waals surface area (Å²) < 4.78 is 0. The molecule has 0 saturated heterocycles. The molecule has 1 aromatic heterocycles. The molecule has 0 aliphatic carbocycles. The lowest BCUT2D eigenvalue weighted by Crippen LogP contribution is -2.20. The van der Waals surface area contributed by atoms with Crippen molar-refractivity contribution in [3.63, 3.8) is 0 Å². The van der Waals surface area contributed by atoms with Gasteiger partial charge in [-0.25, -0.2) is 4.98 Å². The third kappa shape index (κ3) is 3.03. The van der Waals surface area contributed by atoms with Crippen LogP contribution in [0.25, 0.3) is 0 Å². The summed E-state index contributed by atoms with van der Waals surface area (Å²) in [5.74, 6) is 0.199. The minimum Gasteiger partial charge on any atom is -0.326 e. The normalized spacial score (nSPS) is 13.3. The lowest BCUT2D eigenvalue weighted by atomic mass is 10.00. The number of nitrogens with one attached hydrogen (secondary N) is 2. The molecular weight excluding hydrogens is 290 g/mol. The highest BCUT2D eigenvalue weighted by Crippen LogP contribution is 2.24. The molecule has 5 nitrogen and oxygen atoms in total. The summed E-state index contributed by atoms with van der Waals surface area (Å²) >= 11 is 5.75. The van der Waals surface area contributed by atoms with Gasteiger partial charge in [-0.15, -0.1) is 0 Å². The van der Waals surface area contributed by atoms with Gasteiger partial charge < -0.3 is 10.6 Å². The number of benzene rings is 1. The van der Waals surface area contributed by atoms with Crippen LogP contribution >= 0.6 is 11.6 Å². The van der Waals surface area contributed by atoms with Crippen molar-refractivity contribution >= 4 is 34.9 Å². The summed E-state index contributed by atoms with van der Waals surface area (Å²) in [6.07, 6.45) is 2.55. The first kappa shape index (κ1) is 13.6. The van der Waals surface area contributed by atoms with Gasteiger partial charge in [0.05, 0.1) is 5.02 Å². The molecule has 0 fully saturated rings. The SMILES string of the molecule is O=C1CCc2cc(C(=O)Nc3ccc(Cl)cn3)ccc2N1. The molecule has 0 spiro atoms. The van der Waals surface area contributed by atoms with Crippen LogP contribution in [0.15, 0.2) is 36.5 Å². The molecule has 0 bridgehead atoms. The Bertz CT molecular complexity index is 713. The van der Waals surface area contributed by atoms with Gasteiger partial charge in [0, 0.05) is 23.9 Å². The number of carbonyl (C=O) groups is 2. The Hall–Kier alpha value is -2.40. The van der Waals surface area contributed by atoms with E-state index in [2.05, 4.69) is 15.6 Å². The second-order valence-electron chi connectivity index (χ2n) is 4.74. The summed E-state index contributed by atoms with van der Waals surface area (Å²) in [4.78, 5) is 27.5. The predicted octanol–water partition coefficient (Wildman–Crippen LogP) is 2.87. The molecule has 21 heavy (non-hydrogen) atoms. The summed E-state index contributed by atoms with van der Waals surface area (Å²) in [6.45, 7) is 0. The lowest BCUT2D eigenvalue weighted by Gasteiger charge is -2.17. The Balaban J connectivity index is 1.79. The van der Waals surface area contributed by atoms with Crippen LogP contribution in [0.2, 0.25) is 5.02 Å². The zero-order valence-corrected chi connectivity index (χ0v) is 11.8. The van der Waals surface area contributed by atoms with Crippen molar-refractivity contribution in [3.05, 3.63) is 52.7 Å². The van der Waals surface area contributed by atoms with Crippen LogP contribution in [0.1, 0.15) is 22.3 Å². The minimum atomic E-state index is -0.246. The number of rotatable bonds is 2. The highest BCUT2D eigenvalue weighted by molar-refractivity contribution is 6.30. The average Bonchev–Trinajstić information content (AvgIpc) is 2.49. The van der Waals surface area contributed by atoms with Crippen LogP contribution in [0, 0.1) is 0 Å². The van der Waals surface area contributed by atoms with E-state index in [0.717, 1.165) is 11.3 Å². The first-order chi connectivity index (χ1) is 10.1. The summed E-state index contributed by atoms with van der Waals surface area (Å²) in [7, 11) is 0. The Morgan fingerprint density at radius 1 is 1.24 bits per heavy atom. The van der Waals surface area contributed by atoms with Crippen LogP contribution in [0.5, 0.6) is 0 Å². The number of anilines is 2. The number of amides is 2. The fourth-order valence-electron chi connectivity index (χ4n) is 2.16. The second kappa shape index (κ2) is 5.54. The van der Waals surface area contributed by atoms with E-state index in [1.54, 1.807) is 30.3 Å². The number of fused-ring (bicyclic) bond motifs is 1. The molecule has 0 radical (unpaired) electrons. The van der Waals surface area contributed by atoms with Gasteiger partial charge in [0.25, 0.3) is 5.91 Å². The zero-order chi connectivity index (χ0) is 14.8. The van der Waals surface area contributed by atoms with E-state index in [-0.39, 0.29) is 11.8 Å². The smallest absolute Gasteiger partial charge is 0.256 e. The van der Waals surface area contributed by atoms with E-state index in [1.807, 2.05) is 0 Å². The number of aromatic nitrogens is 1. The number of carbonyl (C=O) groups excluding carboxylic acids is 2. The molecule has 3 rings (SSSR count). The number of hydrogen-bond acceptors (Lipinski definition) is 3. The molecule has 2 N–H and O–H groups in total. The Morgan fingerprint density at radius 2 is 2.10 bits per heavy atom. The highest BCUT2D eigenvalue weighted by atomic mass is 35.5. The summed E-state index contributed by atoms with van der Waals surface area (Å²) in [6, 6.07) is 8.51. The average molecular weight is 302 g/mol. The van der Waals surface area contributed by atoms with Gasteiger partial charge in [0.15, 0.2) is 0 Å². The number of pyridine rings is 1. The van der Waals surface area contributed by atoms with Crippen LogP contribution in [-0.4, -0.2) is 16.8 Å². The molecule has 0 atom stereocenters. The molecule has 1 aliphatic rings. The molecule has 2 heterocycles. The molecular formula is C15H12ClN3O2. The molecule has 2 aromatic rings. The molecule has 106 valence electrons. The van der Waals surface area contributed by atoms with Crippen LogP contribution < -0.4 is 10.6 Å². The lowest BCUT2D eigenvalue weighted by molar-refractivity contribution is -0.116. The largest absolute Gasteiger partial charge is 0.326 e. The second-order valence-corrected chi connectivity index (χ2v) is 5.17. The monoisotopic (exact) mass is 301 g/mol. The number of hydrogen-bond donors (Lipinski definition) is 2. The third-order valence-electron chi connectivity index (χ3n) is 3.23. The van der Waals surface area contributed by atoms with E-state index in [4.69, 9.17) is 11.6 Å². The Morgan fingerprint density at radius 3 is 2.86 bits per heavy atom. The quantitative estimate of drug-likeness (QED) is 0.896. The van der Waals surface area contributed by atoms with Crippen molar-refractivity contribution in [2.24, 2.45) is 0 Å². The van der Waals surface area contributed by atoms with Crippen molar-refractivity contribution in [3.8, 4) is 0 Å². The highest BCUT2D eigenvalue weighted by Gasteiger charge is 2.16. The fraction of sp³-hybridized carbons (Fsp3) is 0.133. The van der Waals surface area contributed by atoms with Crippen molar-refractivity contribution < 1.29 is 9.59 Å². The minimum absolute atomic E-state index is 0.00469. The summed E-state index contributed by atoms with van der Waals surface area (Å²) in [5, 5.41) is 6.00. The van der Waals surface area contributed by atoms with Gasteiger partial charge in [-0.2, -0.15) is 0 Å². The van der Waals surface area contributed by atoms with E-state index < -0.39 is 0 Å². The maximum Gasteiger partial charge on any atom is 0.256 e. The van der Waals surface area contributed by atoms with Gasteiger partial charge in [0.2, 0.25) is 5.91 Å². The van der Waals surface area contributed by atoms with Crippen LogP contribution in [0.3, 0.4) is 0 Å². The zero-order valence-electron chi connectivity index (χ0n) is 11.0. The Kier molecular flexibility index (Phi) is 3.58. The Labute approximate surface area is 126 Å². The summed E-state index contributed by atoms with van der Waals surface area (Å²) in [5.41, 5.74) is 2.26. The topological polar surface area (TPSA) is 71.1 Å². The predicted molar refractivity (Wildman–Crippen MR) is 80.6 cm³/mol. The first-order valence-corrected chi connectivity index (χ1v) is 6.85. The maximum absolute atomic E-state index is 12.2. The van der Waals surface area contributed by atoms with Crippen molar-refractivity contribution in [1.82, 2.24) is 4.98 Å². The van der Waals surface area contributed by atoms with Crippen molar-refractivity contribution in [1.29, 1.82) is 0 Å². The molecule has 1 aliphatic heterocycles. The third-order valence-corrected chi connectivity index (χ3v) is 3.46. The van der Waals surface area contributed by atoms with E-state index in [1.165, 1.54) is 6.20 Å². The number of nitrogens with zero attached hydrogens (tertiary/aromatic N) is 1. The maximum atomic E-state index is 12.2. The van der Waals surface area contributed by atoms with Gasteiger partial charge in [-0.1, -0.05) is 11.6 Å². The van der Waals surface area contributed by atoms with Crippen molar-refractivity contribution in [2.45, 2.75) is 12.8 Å². The number of halogens is 1. The number of aryl methyl sites for hydroxylation is 1. The molecule has 0 saturated carbocycles. The van der Waals surface area contributed by atoms with Gasteiger partial charge in [-0.3, -0.25) is 9.59 Å². The van der Waals surface area contributed by atoms with Gasteiger partial charge in [0.1, 0.15) is 5.82 Å². The molecule has 2 amide bonds. The van der Waals surface area contributed by atoms with E-state index in [0.29, 0.717) is 29.2 Å². The van der Waals surface area contributed by atoms with Gasteiger partial charge >= 0.3 is 0 Å². The molecule has 6 heteroatoms. The molecule has 0 unspecified atom stereocenters. The molecule has 1 aromatic carbocycles. The van der Waals surface area contributed by atoms with Gasteiger partial charge in [-0.05, 0) is 42.3 Å².